The zero-order valence-corrected chi connectivity index (χ0v) is 27.5. The van der Waals surface area contributed by atoms with Crippen LogP contribution in [0.25, 0.3) is 22.5 Å². The van der Waals surface area contributed by atoms with Gasteiger partial charge < -0.3 is 9.88 Å². The van der Waals surface area contributed by atoms with Gasteiger partial charge in [0, 0.05) is 31.3 Å². The number of nitriles is 1. The Balaban J connectivity index is 1.24. The van der Waals surface area contributed by atoms with Crippen molar-refractivity contribution in [1.29, 1.82) is 5.26 Å². The number of amides is 1. The van der Waals surface area contributed by atoms with Crippen LogP contribution in [0.1, 0.15) is 71.1 Å². The third-order valence-electron chi connectivity index (χ3n) is 10.8. The van der Waals surface area contributed by atoms with Gasteiger partial charge in [-0.1, -0.05) is 0 Å². The van der Waals surface area contributed by atoms with Crippen LogP contribution in [-0.2, 0) is 32.5 Å². The highest BCUT2D eigenvalue weighted by molar-refractivity contribution is 6.10. The number of carbonyl (C=O) groups is 1. The van der Waals surface area contributed by atoms with Gasteiger partial charge in [-0.2, -0.15) is 31.6 Å². The van der Waals surface area contributed by atoms with Gasteiger partial charge in [0.05, 0.1) is 23.7 Å². The number of aryl methyl sites for hydroxylation is 1. The summed E-state index contributed by atoms with van der Waals surface area (Å²) in [6, 6.07) is 10.9. The summed E-state index contributed by atoms with van der Waals surface area (Å²) in [4.78, 5) is 21.9. The minimum absolute atomic E-state index is 0.0742. The maximum absolute atomic E-state index is 14.6. The average Bonchev–Trinajstić information content (AvgIpc) is 3.31. The van der Waals surface area contributed by atoms with Crippen molar-refractivity contribution >= 4 is 17.5 Å². The highest BCUT2D eigenvalue weighted by atomic mass is 19.4. The summed E-state index contributed by atoms with van der Waals surface area (Å²) in [7, 11) is 1.63. The van der Waals surface area contributed by atoms with Crippen LogP contribution in [-0.4, -0.2) is 49.2 Å². The number of carbonyl (C=O) groups excluding carboxylic acids is 1. The third-order valence-corrected chi connectivity index (χ3v) is 10.8. The third kappa shape index (κ3) is 5.98. The normalized spacial score (nSPS) is 19.3. The van der Waals surface area contributed by atoms with E-state index in [9.17, 15) is 36.4 Å². The first-order valence-electron chi connectivity index (χ1n) is 16.7. The molecule has 2 aromatic carbocycles. The van der Waals surface area contributed by atoms with Crippen molar-refractivity contribution in [2.45, 2.75) is 69.5 Å². The molecule has 2 aromatic heterocycles. The molecule has 2 aliphatic heterocycles. The molecule has 0 bridgehead atoms. The Morgan fingerprint density at radius 1 is 0.941 bits per heavy atom. The van der Waals surface area contributed by atoms with Crippen molar-refractivity contribution in [3.05, 3.63) is 76.6 Å². The highest BCUT2D eigenvalue weighted by Gasteiger charge is 2.48. The number of aromatic nitrogens is 4. The number of rotatable bonds is 7. The fraction of sp³-hybridized carbons (Fsp3) is 0.417. The molecule has 0 radical (unpaired) electrons. The van der Waals surface area contributed by atoms with Gasteiger partial charge in [-0.05, 0) is 115 Å². The second-order valence-corrected chi connectivity index (χ2v) is 14.3. The highest BCUT2D eigenvalue weighted by Crippen LogP contribution is 2.53. The lowest BCUT2D eigenvalue weighted by Gasteiger charge is -2.36. The van der Waals surface area contributed by atoms with Crippen LogP contribution in [0.4, 0.5) is 38.0 Å². The molecular weight excluding hydrogens is 674 g/mol. The fourth-order valence-corrected chi connectivity index (χ4v) is 7.60. The zero-order valence-electron chi connectivity index (χ0n) is 27.5. The van der Waals surface area contributed by atoms with Crippen molar-refractivity contribution in [3.8, 4) is 28.6 Å². The van der Waals surface area contributed by atoms with Crippen molar-refractivity contribution in [3.63, 3.8) is 0 Å². The summed E-state index contributed by atoms with van der Waals surface area (Å²) in [5.74, 6) is -0.427. The molecule has 4 aromatic rings. The van der Waals surface area contributed by atoms with E-state index in [-0.39, 0.29) is 51.7 Å². The molecule has 9 nitrogen and oxygen atoms in total. The van der Waals surface area contributed by atoms with Crippen LogP contribution in [0.3, 0.4) is 0 Å². The van der Waals surface area contributed by atoms with E-state index in [2.05, 4.69) is 31.5 Å². The molecule has 51 heavy (non-hydrogen) atoms. The minimum atomic E-state index is -4.74. The first-order chi connectivity index (χ1) is 24.2. The molecule has 1 spiro atoms. The number of pyridine rings is 1. The second kappa shape index (κ2) is 11.5. The molecule has 2 aliphatic carbocycles. The van der Waals surface area contributed by atoms with Crippen LogP contribution in [0.2, 0.25) is 0 Å². The van der Waals surface area contributed by atoms with Gasteiger partial charge in [0.15, 0.2) is 5.82 Å². The van der Waals surface area contributed by atoms with Gasteiger partial charge in [-0.25, -0.2) is 4.98 Å². The van der Waals surface area contributed by atoms with Crippen molar-refractivity contribution < 1.29 is 31.1 Å². The Hall–Kier alpha value is -4.97. The predicted octanol–water partition coefficient (Wildman–Crippen LogP) is 7.59. The summed E-state index contributed by atoms with van der Waals surface area (Å²) >= 11 is 0. The topological polar surface area (TPSA) is 103 Å². The second-order valence-electron chi connectivity index (χ2n) is 14.3. The fourth-order valence-electron chi connectivity index (χ4n) is 7.60. The Morgan fingerprint density at radius 3 is 2.33 bits per heavy atom. The number of alkyl halides is 6. The molecule has 0 unspecified atom stereocenters. The van der Waals surface area contributed by atoms with Gasteiger partial charge in [0.1, 0.15) is 23.5 Å². The van der Waals surface area contributed by atoms with E-state index in [0.29, 0.717) is 24.0 Å². The first kappa shape index (κ1) is 33.2. The SMILES string of the molecule is Cn1cnnc1-c1ccc(C(F)(F)F)cc1-c1cc(NC2(C#N)CCC2)nc(N2Cc3c(cc(CN4CCC5(CC5)C4)cc3C(F)(F)F)C2=O)c1. The zero-order chi connectivity index (χ0) is 35.9. The summed E-state index contributed by atoms with van der Waals surface area (Å²) in [6.07, 6.45) is -3.06. The molecule has 1 amide bonds. The van der Waals surface area contributed by atoms with E-state index >= 15 is 0 Å². The molecular formula is C36H32F6N8O. The Labute approximate surface area is 288 Å². The van der Waals surface area contributed by atoms with Crippen LogP contribution in [0.15, 0.2) is 48.8 Å². The van der Waals surface area contributed by atoms with Gasteiger partial charge in [0.25, 0.3) is 5.91 Å². The number of anilines is 2. The van der Waals surface area contributed by atoms with Crippen LogP contribution < -0.4 is 10.2 Å². The molecule has 4 aliphatic rings. The van der Waals surface area contributed by atoms with E-state index in [1.807, 2.05) is 0 Å². The summed E-state index contributed by atoms with van der Waals surface area (Å²) in [6.45, 7) is 1.42. The number of benzene rings is 2. The van der Waals surface area contributed by atoms with Crippen LogP contribution in [0, 0.1) is 16.7 Å². The maximum atomic E-state index is 14.6. The first-order valence-corrected chi connectivity index (χ1v) is 16.7. The van der Waals surface area contributed by atoms with Crippen molar-refractivity contribution in [1.82, 2.24) is 24.6 Å². The van der Waals surface area contributed by atoms with E-state index in [1.165, 1.54) is 35.2 Å². The largest absolute Gasteiger partial charge is 0.416 e. The van der Waals surface area contributed by atoms with E-state index in [0.717, 1.165) is 61.9 Å². The smallest absolute Gasteiger partial charge is 0.352 e. The van der Waals surface area contributed by atoms with Gasteiger partial charge in [-0.3, -0.25) is 14.6 Å². The molecule has 2 saturated carbocycles. The standard InChI is InChI=1S/C36H32F6N8O/c1-48-20-44-47-31(48)24-4-3-23(35(37,38)39)15-25(24)22-13-29(46-34(18-43)5-2-6-34)45-30(14-22)50-17-27-26(32(50)51)11-21(12-28(27)36(40,41)42)16-49-10-9-33(19-49)7-8-33/h3-4,11-15,20H,2,5-10,16-17,19H2,1H3,(H,45,46). The molecule has 4 heterocycles. The maximum Gasteiger partial charge on any atom is 0.416 e. The lowest BCUT2D eigenvalue weighted by atomic mass is 9.78. The monoisotopic (exact) mass is 706 g/mol. The van der Waals surface area contributed by atoms with Gasteiger partial charge >= 0.3 is 12.4 Å². The lowest BCUT2D eigenvalue weighted by Crippen LogP contribution is -2.43. The van der Waals surface area contributed by atoms with Gasteiger partial charge in [-0.15, -0.1) is 10.2 Å². The van der Waals surface area contributed by atoms with E-state index in [4.69, 9.17) is 0 Å². The summed E-state index contributed by atoms with van der Waals surface area (Å²) in [5, 5.41) is 21.0. The predicted molar refractivity (Wildman–Crippen MR) is 174 cm³/mol. The van der Waals surface area contributed by atoms with Crippen molar-refractivity contribution in [2.75, 3.05) is 23.3 Å². The van der Waals surface area contributed by atoms with E-state index < -0.39 is 41.5 Å². The molecule has 1 saturated heterocycles. The average molecular weight is 707 g/mol. The number of nitrogens with zero attached hydrogens (tertiary/aromatic N) is 7. The molecule has 3 fully saturated rings. The number of halogens is 6. The number of likely N-dealkylation sites (tertiary alicyclic amines) is 1. The van der Waals surface area contributed by atoms with Gasteiger partial charge in [0.2, 0.25) is 0 Å². The minimum Gasteiger partial charge on any atom is -0.352 e. The number of hydrogen-bond donors (Lipinski definition) is 1. The quantitative estimate of drug-likeness (QED) is 0.198. The number of fused-ring (bicyclic) bond motifs is 1. The summed E-state index contributed by atoms with van der Waals surface area (Å²) in [5.41, 5.74) is -1.91. The molecule has 1 N–H and O–H groups in total. The summed E-state index contributed by atoms with van der Waals surface area (Å²) < 4.78 is 87.5. The molecule has 264 valence electrons. The number of hydrogen-bond acceptors (Lipinski definition) is 7. The number of nitrogens with one attached hydrogen (secondary N) is 1. The van der Waals surface area contributed by atoms with Crippen LogP contribution in [0.5, 0.6) is 0 Å². The van der Waals surface area contributed by atoms with Crippen LogP contribution >= 0.6 is 0 Å². The Bertz CT molecular complexity index is 2110. The van der Waals surface area contributed by atoms with Crippen molar-refractivity contribution in [2.24, 2.45) is 12.5 Å². The Morgan fingerprint density at radius 2 is 1.73 bits per heavy atom. The van der Waals surface area contributed by atoms with E-state index in [1.54, 1.807) is 7.05 Å². The lowest BCUT2D eigenvalue weighted by molar-refractivity contribution is -0.138. The molecule has 15 heteroatoms. The molecule has 0 atom stereocenters. The Kier molecular flexibility index (Phi) is 7.50. The molecule has 8 rings (SSSR count).